The van der Waals surface area contributed by atoms with Crippen LogP contribution in [0.2, 0.25) is 0 Å². The number of hydrogen-bond donors (Lipinski definition) is 1. The van der Waals surface area contributed by atoms with E-state index in [2.05, 4.69) is 17.8 Å². The molecule has 134 valence electrons. The minimum Gasteiger partial charge on any atom is -0.457 e. The number of nitrogens with zero attached hydrogens (tertiary/aromatic N) is 1. The van der Waals surface area contributed by atoms with E-state index in [0.717, 1.165) is 10.5 Å². The van der Waals surface area contributed by atoms with E-state index in [4.69, 9.17) is 9.26 Å². The molecule has 0 amide bonds. The van der Waals surface area contributed by atoms with Crippen LogP contribution in [0.3, 0.4) is 0 Å². The van der Waals surface area contributed by atoms with Crippen molar-refractivity contribution in [1.82, 2.24) is 5.16 Å². The van der Waals surface area contributed by atoms with E-state index >= 15 is 0 Å². The molecule has 0 unspecified atom stereocenters. The molecule has 0 aliphatic carbocycles. The number of thiol groups is 1. The third-order valence-corrected chi connectivity index (χ3v) is 4.38. The summed E-state index contributed by atoms with van der Waals surface area (Å²) in [5, 5.41) is 3.96. The smallest absolute Gasteiger partial charge is 0.311 e. The number of carbonyl (C=O) groups is 1. The van der Waals surface area contributed by atoms with Crippen LogP contribution < -0.4 is 0 Å². The van der Waals surface area contributed by atoms with Gasteiger partial charge in [0.05, 0.1) is 12.1 Å². The summed E-state index contributed by atoms with van der Waals surface area (Å²) in [6.07, 6.45) is -0.692. The third kappa shape index (κ3) is 3.96. The molecule has 0 N–H and O–H groups in total. The number of hydrogen-bond acceptors (Lipinski definition) is 5. The second kappa shape index (κ2) is 7.74. The van der Waals surface area contributed by atoms with Gasteiger partial charge in [0, 0.05) is 21.6 Å². The Morgan fingerprint density at radius 3 is 2.62 bits per heavy atom. The highest BCUT2D eigenvalue weighted by Gasteiger charge is 2.21. The van der Waals surface area contributed by atoms with Gasteiger partial charge in [-0.15, -0.1) is 12.6 Å². The van der Waals surface area contributed by atoms with Crippen LogP contribution in [-0.4, -0.2) is 11.1 Å². The van der Waals surface area contributed by atoms with Crippen molar-refractivity contribution in [2.24, 2.45) is 0 Å². The van der Waals surface area contributed by atoms with Gasteiger partial charge in [-0.1, -0.05) is 35.5 Å². The van der Waals surface area contributed by atoms with Gasteiger partial charge in [0.15, 0.2) is 5.76 Å². The SMILES string of the molecule is Cc1noc(-c2ccc(S)cc2)c1CC(=O)O[C@H](C)c1ccccc1F. The lowest BCUT2D eigenvalue weighted by Gasteiger charge is -2.14. The van der Waals surface area contributed by atoms with Gasteiger partial charge < -0.3 is 9.26 Å². The molecule has 2 aromatic carbocycles. The van der Waals surface area contributed by atoms with Gasteiger partial charge in [-0.2, -0.15) is 0 Å². The Balaban J connectivity index is 1.77. The van der Waals surface area contributed by atoms with Crippen molar-refractivity contribution >= 4 is 18.6 Å². The topological polar surface area (TPSA) is 52.3 Å². The van der Waals surface area contributed by atoms with Crippen LogP contribution >= 0.6 is 12.6 Å². The quantitative estimate of drug-likeness (QED) is 0.511. The summed E-state index contributed by atoms with van der Waals surface area (Å²) < 4.78 is 24.6. The molecule has 3 aromatic rings. The van der Waals surface area contributed by atoms with E-state index in [-0.39, 0.29) is 6.42 Å². The third-order valence-electron chi connectivity index (χ3n) is 4.09. The molecule has 26 heavy (non-hydrogen) atoms. The van der Waals surface area contributed by atoms with Gasteiger partial charge in [-0.3, -0.25) is 4.79 Å². The highest BCUT2D eigenvalue weighted by molar-refractivity contribution is 7.80. The summed E-state index contributed by atoms with van der Waals surface area (Å²) >= 11 is 4.26. The minimum absolute atomic E-state index is 0.00785. The van der Waals surface area contributed by atoms with Crippen molar-refractivity contribution in [3.8, 4) is 11.3 Å². The second-order valence-electron chi connectivity index (χ2n) is 5.95. The number of aromatic nitrogens is 1. The fraction of sp³-hybridized carbons (Fsp3) is 0.200. The summed E-state index contributed by atoms with van der Waals surface area (Å²) in [6, 6.07) is 13.6. The average Bonchev–Trinajstić information content (AvgIpc) is 2.96. The number of benzene rings is 2. The zero-order valence-electron chi connectivity index (χ0n) is 14.4. The number of carbonyl (C=O) groups excluding carboxylic acids is 1. The summed E-state index contributed by atoms with van der Waals surface area (Å²) in [5.41, 5.74) is 2.41. The molecule has 0 bridgehead atoms. The molecule has 1 aromatic heterocycles. The largest absolute Gasteiger partial charge is 0.457 e. The molecule has 0 saturated carbocycles. The molecular weight excluding hydrogens is 353 g/mol. The standard InChI is InChI=1S/C20H18FNO3S/c1-12-17(20(25-22-12)14-7-9-15(26)10-8-14)11-19(23)24-13(2)16-5-3-4-6-18(16)21/h3-10,13,26H,11H2,1-2H3/t13-/m1/s1. The Hall–Kier alpha value is -2.60. The van der Waals surface area contributed by atoms with Crippen molar-refractivity contribution in [1.29, 1.82) is 0 Å². The van der Waals surface area contributed by atoms with Crippen molar-refractivity contribution in [2.45, 2.75) is 31.3 Å². The van der Waals surface area contributed by atoms with Gasteiger partial charge in [-0.05, 0) is 32.0 Å². The summed E-state index contributed by atoms with van der Waals surface area (Å²) in [4.78, 5) is 13.2. The molecule has 0 saturated heterocycles. The Kier molecular flexibility index (Phi) is 5.42. The molecule has 1 atom stereocenters. The Bertz CT molecular complexity index is 921. The number of halogens is 1. The number of esters is 1. The van der Waals surface area contributed by atoms with E-state index < -0.39 is 17.9 Å². The lowest BCUT2D eigenvalue weighted by Crippen LogP contribution is -2.13. The lowest BCUT2D eigenvalue weighted by atomic mass is 10.0. The van der Waals surface area contributed by atoms with Crippen LogP contribution in [0.25, 0.3) is 11.3 Å². The molecule has 1 heterocycles. The Labute approximate surface area is 156 Å². The van der Waals surface area contributed by atoms with Crippen molar-refractivity contribution < 1.29 is 18.4 Å². The molecule has 4 nitrogen and oxygen atoms in total. The maximum Gasteiger partial charge on any atom is 0.311 e. The lowest BCUT2D eigenvalue weighted by molar-refractivity contribution is -0.147. The molecule has 0 fully saturated rings. The number of rotatable bonds is 5. The first-order valence-corrected chi connectivity index (χ1v) is 8.59. The van der Waals surface area contributed by atoms with E-state index in [1.807, 2.05) is 24.3 Å². The highest BCUT2D eigenvalue weighted by Crippen LogP contribution is 2.28. The number of aryl methyl sites for hydroxylation is 1. The molecular formula is C20H18FNO3S. The number of ether oxygens (including phenoxy) is 1. The van der Waals surface area contributed by atoms with E-state index in [1.165, 1.54) is 6.07 Å². The van der Waals surface area contributed by atoms with E-state index in [1.54, 1.807) is 32.0 Å². The molecule has 0 aliphatic rings. The molecule has 0 aliphatic heterocycles. The molecule has 0 spiro atoms. The summed E-state index contributed by atoms with van der Waals surface area (Å²) in [6.45, 7) is 3.41. The predicted octanol–water partition coefficient (Wildman–Crippen LogP) is 4.92. The van der Waals surface area contributed by atoms with E-state index in [9.17, 15) is 9.18 Å². The second-order valence-corrected chi connectivity index (χ2v) is 6.47. The van der Waals surface area contributed by atoms with Crippen LogP contribution in [0.4, 0.5) is 4.39 Å². The summed E-state index contributed by atoms with van der Waals surface area (Å²) in [5.74, 6) is -0.355. The zero-order chi connectivity index (χ0) is 18.7. The summed E-state index contributed by atoms with van der Waals surface area (Å²) in [7, 11) is 0. The van der Waals surface area contributed by atoms with Crippen LogP contribution in [0.1, 0.15) is 29.8 Å². The van der Waals surface area contributed by atoms with Crippen LogP contribution in [0.15, 0.2) is 57.9 Å². The maximum atomic E-state index is 13.8. The first-order valence-electron chi connectivity index (χ1n) is 8.14. The first-order chi connectivity index (χ1) is 12.5. The normalized spacial score (nSPS) is 12.0. The average molecular weight is 371 g/mol. The van der Waals surface area contributed by atoms with Gasteiger partial charge in [0.1, 0.15) is 11.9 Å². The Morgan fingerprint density at radius 2 is 1.92 bits per heavy atom. The van der Waals surface area contributed by atoms with Crippen molar-refractivity contribution in [3.63, 3.8) is 0 Å². The zero-order valence-corrected chi connectivity index (χ0v) is 15.3. The molecule has 6 heteroatoms. The maximum absolute atomic E-state index is 13.8. The highest BCUT2D eigenvalue weighted by atomic mass is 32.1. The molecule has 0 radical (unpaired) electrons. The fourth-order valence-electron chi connectivity index (χ4n) is 2.69. The van der Waals surface area contributed by atoms with Gasteiger partial charge in [0.25, 0.3) is 0 Å². The monoisotopic (exact) mass is 371 g/mol. The van der Waals surface area contributed by atoms with Crippen molar-refractivity contribution in [3.05, 3.63) is 71.2 Å². The van der Waals surface area contributed by atoms with Gasteiger partial charge in [0.2, 0.25) is 0 Å². The van der Waals surface area contributed by atoms with Crippen LogP contribution in [-0.2, 0) is 16.0 Å². The first kappa shape index (κ1) is 18.2. The van der Waals surface area contributed by atoms with Crippen LogP contribution in [0.5, 0.6) is 0 Å². The van der Waals surface area contributed by atoms with Crippen molar-refractivity contribution in [2.75, 3.05) is 0 Å². The van der Waals surface area contributed by atoms with Gasteiger partial charge >= 0.3 is 5.97 Å². The minimum atomic E-state index is -0.684. The van der Waals surface area contributed by atoms with Crippen LogP contribution in [0, 0.1) is 12.7 Å². The fourth-order valence-corrected chi connectivity index (χ4v) is 2.84. The predicted molar refractivity (Wildman–Crippen MR) is 98.5 cm³/mol. The van der Waals surface area contributed by atoms with Gasteiger partial charge in [-0.25, -0.2) is 4.39 Å². The Morgan fingerprint density at radius 1 is 1.23 bits per heavy atom. The molecule has 3 rings (SSSR count). The van der Waals surface area contributed by atoms with E-state index in [0.29, 0.717) is 22.6 Å².